The average Bonchev–Trinajstić information content (AvgIpc) is 2.97. The van der Waals surface area contributed by atoms with Gasteiger partial charge in [0.15, 0.2) is 0 Å². The number of halogens is 2. The third kappa shape index (κ3) is 4.09. The summed E-state index contributed by atoms with van der Waals surface area (Å²) in [4.78, 5) is 16.4. The molecule has 0 radical (unpaired) electrons. The van der Waals surface area contributed by atoms with Crippen molar-refractivity contribution in [2.24, 2.45) is 0 Å². The van der Waals surface area contributed by atoms with Crippen LogP contribution in [-0.4, -0.2) is 10.9 Å². The minimum atomic E-state index is -0.808. The van der Waals surface area contributed by atoms with Crippen molar-refractivity contribution in [3.63, 3.8) is 0 Å². The van der Waals surface area contributed by atoms with E-state index in [-0.39, 0.29) is 18.0 Å². The van der Waals surface area contributed by atoms with E-state index < -0.39 is 11.6 Å². The number of anilines is 1. The first-order valence-corrected chi connectivity index (χ1v) is 7.79. The minimum absolute atomic E-state index is 0.0479. The highest BCUT2D eigenvalue weighted by molar-refractivity contribution is 5.90. The van der Waals surface area contributed by atoms with E-state index in [0.29, 0.717) is 23.8 Å². The zero-order chi connectivity index (χ0) is 17.8. The van der Waals surface area contributed by atoms with E-state index in [9.17, 15) is 13.6 Å². The van der Waals surface area contributed by atoms with Gasteiger partial charge in [0.1, 0.15) is 17.4 Å². The van der Waals surface area contributed by atoms with Gasteiger partial charge in [0.25, 0.3) is 0 Å². The molecule has 128 valence electrons. The highest BCUT2D eigenvalue weighted by Crippen LogP contribution is 2.22. The number of rotatable bonds is 5. The molecule has 0 aliphatic rings. The van der Waals surface area contributed by atoms with E-state index in [4.69, 9.17) is 4.42 Å². The summed E-state index contributed by atoms with van der Waals surface area (Å²) < 4.78 is 32.1. The molecule has 0 atom stereocenters. The predicted molar refractivity (Wildman–Crippen MR) is 90.0 cm³/mol. The summed E-state index contributed by atoms with van der Waals surface area (Å²) in [6, 6.07) is 12.5. The first-order chi connectivity index (χ1) is 12.0. The molecular weight excluding hydrogens is 326 g/mol. The van der Waals surface area contributed by atoms with Gasteiger partial charge in [-0.05, 0) is 31.2 Å². The van der Waals surface area contributed by atoms with E-state index in [0.717, 1.165) is 17.7 Å². The molecular formula is C19H16F2N2O2. The molecule has 6 heteroatoms. The molecule has 2 aromatic carbocycles. The molecule has 1 amide bonds. The number of benzene rings is 2. The highest BCUT2D eigenvalue weighted by Gasteiger charge is 2.14. The Kier molecular flexibility index (Phi) is 4.88. The van der Waals surface area contributed by atoms with Crippen molar-refractivity contribution in [3.8, 4) is 11.5 Å². The molecule has 25 heavy (non-hydrogen) atoms. The predicted octanol–water partition coefficient (Wildman–Crippen LogP) is 4.50. The summed E-state index contributed by atoms with van der Waals surface area (Å²) >= 11 is 0. The fraction of sp³-hybridized carbons (Fsp3) is 0.158. The second-order valence-electron chi connectivity index (χ2n) is 5.56. The van der Waals surface area contributed by atoms with E-state index >= 15 is 0 Å². The molecule has 0 aliphatic carbocycles. The van der Waals surface area contributed by atoms with Crippen molar-refractivity contribution in [1.29, 1.82) is 0 Å². The number of hydrogen-bond donors (Lipinski definition) is 1. The van der Waals surface area contributed by atoms with Crippen molar-refractivity contribution in [1.82, 2.24) is 4.98 Å². The molecule has 1 heterocycles. The summed E-state index contributed by atoms with van der Waals surface area (Å²) in [5.74, 6) is -0.744. The van der Waals surface area contributed by atoms with Crippen LogP contribution < -0.4 is 5.32 Å². The summed E-state index contributed by atoms with van der Waals surface area (Å²) in [6.45, 7) is 1.78. The van der Waals surface area contributed by atoms with Crippen molar-refractivity contribution in [2.75, 3.05) is 5.32 Å². The van der Waals surface area contributed by atoms with Crippen LogP contribution in [-0.2, 0) is 11.2 Å². The first-order valence-electron chi connectivity index (χ1n) is 7.79. The molecule has 0 fully saturated rings. The molecule has 0 spiro atoms. The van der Waals surface area contributed by atoms with E-state index in [2.05, 4.69) is 10.3 Å². The van der Waals surface area contributed by atoms with Crippen LogP contribution >= 0.6 is 0 Å². The van der Waals surface area contributed by atoms with Crippen LogP contribution in [0, 0.1) is 18.6 Å². The number of hydrogen-bond acceptors (Lipinski definition) is 3. The Bertz CT molecular complexity index is 892. The topological polar surface area (TPSA) is 55.1 Å². The number of amides is 1. The van der Waals surface area contributed by atoms with Crippen molar-refractivity contribution < 1.29 is 18.0 Å². The molecule has 4 nitrogen and oxygen atoms in total. The number of nitrogens with one attached hydrogen (secondary N) is 1. The van der Waals surface area contributed by atoms with E-state index in [1.807, 2.05) is 30.3 Å². The van der Waals surface area contributed by atoms with Crippen LogP contribution in [0.25, 0.3) is 11.5 Å². The second-order valence-corrected chi connectivity index (χ2v) is 5.56. The summed E-state index contributed by atoms with van der Waals surface area (Å²) in [6.07, 6.45) is 0.467. The normalized spacial score (nSPS) is 10.7. The maximum Gasteiger partial charge on any atom is 0.226 e. The van der Waals surface area contributed by atoms with Gasteiger partial charge in [-0.25, -0.2) is 13.8 Å². The van der Waals surface area contributed by atoms with Crippen molar-refractivity contribution in [3.05, 3.63) is 71.6 Å². The van der Waals surface area contributed by atoms with Gasteiger partial charge in [-0.2, -0.15) is 0 Å². The molecule has 0 saturated heterocycles. The van der Waals surface area contributed by atoms with Gasteiger partial charge in [0.05, 0.1) is 11.4 Å². The monoisotopic (exact) mass is 342 g/mol. The lowest BCUT2D eigenvalue weighted by molar-refractivity contribution is -0.116. The number of aryl methyl sites for hydroxylation is 2. The number of oxazole rings is 1. The number of aromatic nitrogens is 1. The zero-order valence-corrected chi connectivity index (χ0v) is 13.6. The molecule has 0 aliphatic heterocycles. The minimum Gasteiger partial charge on any atom is -0.441 e. The van der Waals surface area contributed by atoms with Crippen molar-refractivity contribution >= 4 is 11.6 Å². The second kappa shape index (κ2) is 7.25. The van der Waals surface area contributed by atoms with Gasteiger partial charge in [0, 0.05) is 24.5 Å². The summed E-state index contributed by atoms with van der Waals surface area (Å²) in [7, 11) is 0. The van der Waals surface area contributed by atoms with Crippen LogP contribution in [0.4, 0.5) is 14.5 Å². The Morgan fingerprint density at radius 2 is 1.92 bits per heavy atom. The lowest BCUT2D eigenvalue weighted by Crippen LogP contribution is -2.13. The van der Waals surface area contributed by atoms with E-state index in [1.54, 1.807) is 6.92 Å². The molecule has 0 unspecified atom stereocenters. The quantitative estimate of drug-likeness (QED) is 0.743. The van der Waals surface area contributed by atoms with Gasteiger partial charge in [-0.3, -0.25) is 4.79 Å². The van der Waals surface area contributed by atoms with Gasteiger partial charge < -0.3 is 9.73 Å². The number of carbonyl (C=O) groups excluding carboxylic acids is 1. The molecule has 3 aromatic rings. The third-order valence-corrected chi connectivity index (χ3v) is 3.71. The van der Waals surface area contributed by atoms with Crippen LogP contribution in [0.3, 0.4) is 0 Å². The van der Waals surface area contributed by atoms with E-state index in [1.165, 1.54) is 6.07 Å². The Hall–Kier alpha value is -3.02. The fourth-order valence-corrected chi connectivity index (χ4v) is 2.40. The number of nitrogens with zero attached hydrogens (tertiary/aromatic N) is 1. The SMILES string of the molecule is Cc1oc(-c2ccccc2)nc1CCC(=O)Nc1ccc(F)cc1F. The highest BCUT2D eigenvalue weighted by atomic mass is 19.1. The Balaban J connectivity index is 1.63. The molecule has 0 saturated carbocycles. The summed E-state index contributed by atoms with van der Waals surface area (Å²) in [5.41, 5.74) is 1.48. The van der Waals surface area contributed by atoms with Crippen LogP contribution in [0.2, 0.25) is 0 Å². The molecule has 1 N–H and O–H groups in total. The van der Waals surface area contributed by atoms with Gasteiger partial charge in [-0.15, -0.1) is 0 Å². The van der Waals surface area contributed by atoms with Crippen LogP contribution in [0.5, 0.6) is 0 Å². The van der Waals surface area contributed by atoms with Gasteiger partial charge in [0.2, 0.25) is 11.8 Å². The van der Waals surface area contributed by atoms with Crippen molar-refractivity contribution in [2.45, 2.75) is 19.8 Å². The molecule has 0 bridgehead atoms. The maximum atomic E-state index is 13.5. The Morgan fingerprint density at radius 3 is 2.64 bits per heavy atom. The maximum absolute atomic E-state index is 13.5. The van der Waals surface area contributed by atoms with Crippen LogP contribution in [0.1, 0.15) is 17.9 Å². The molecule has 1 aromatic heterocycles. The largest absolute Gasteiger partial charge is 0.441 e. The third-order valence-electron chi connectivity index (χ3n) is 3.71. The molecule has 3 rings (SSSR count). The summed E-state index contributed by atoms with van der Waals surface area (Å²) in [5, 5.41) is 2.43. The smallest absolute Gasteiger partial charge is 0.226 e. The van der Waals surface area contributed by atoms with Gasteiger partial charge in [-0.1, -0.05) is 18.2 Å². The Morgan fingerprint density at radius 1 is 1.16 bits per heavy atom. The lowest BCUT2D eigenvalue weighted by atomic mass is 10.2. The van der Waals surface area contributed by atoms with Crippen LogP contribution in [0.15, 0.2) is 52.9 Å². The fourth-order valence-electron chi connectivity index (χ4n) is 2.40. The average molecular weight is 342 g/mol. The lowest BCUT2D eigenvalue weighted by Gasteiger charge is -2.05. The zero-order valence-electron chi connectivity index (χ0n) is 13.6. The first kappa shape index (κ1) is 16.8. The standard InChI is InChI=1S/C19H16F2N2O2/c1-12-16(23-19(25-12)13-5-3-2-4-6-13)9-10-18(24)22-17-8-7-14(20)11-15(17)21/h2-8,11H,9-10H2,1H3,(H,22,24). The number of carbonyl (C=O) groups is 1. The van der Waals surface area contributed by atoms with Gasteiger partial charge >= 0.3 is 0 Å². The Labute approximate surface area is 143 Å².